The van der Waals surface area contributed by atoms with Crippen LogP contribution in [-0.2, 0) is 16.0 Å². The highest BCUT2D eigenvalue weighted by Crippen LogP contribution is 2.46. The number of carbonyl (C=O) groups is 3. The van der Waals surface area contributed by atoms with Gasteiger partial charge in [0.15, 0.2) is 5.13 Å². The van der Waals surface area contributed by atoms with E-state index in [1.165, 1.54) is 22.5 Å². The number of nitrogens with zero attached hydrogens (tertiary/aromatic N) is 2. The fraction of sp³-hybridized carbons (Fsp3) is 0.500. The summed E-state index contributed by atoms with van der Waals surface area (Å²) in [5, 5.41) is 6.10. The summed E-state index contributed by atoms with van der Waals surface area (Å²) in [7, 11) is 0. The maximum Gasteiger partial charge on any atom is 0.325 e. The summed E-state index contributed by atoms with van der Waals surface area (Å²) in [6, 6.07) is 7.80. The standard InChI is InChI=1S/C24H30N4O3S/c1-15-5-7-17(8-6-15)9-18-12-25-21(32-18)26-19(29)13-28-20(30)24(27-22(28)31)11-16(2)10-23(3,4)14-24/h5-8,12,16H,9-11,13-14H2,1-4H3,(H,27,31)(H,25,26,29). The van der Waals surface area contributed by atoms with Crippen LogP contribution in [0, 0.1) is 18.3 Å². The maximum absolute atomic E-state index is 13.2. The van der Waals surface area contributed by atoms with Crippen LogP contribution < -0.4 is 10.6 Å². The van der Waals surface area contributed by atoms with Gasteiger partial charge in [0.25, 0.3) is 5.91 Å². The third kappa shape index (κ3) is 4.70. The van der Waals surface area contributed by atoms with E-state index in [0.717, 1.165) is 22.6 Å². The van der Waals surface area contributed by atoms with Gasteiger partial charge in [-0.1, -0.05) is 50.6 Å². The van der Waals surface area contributed by atoms with Crippen molar-refractivity contribution < 1.29 is 14.4 Å². The number of hydrogen-bond donors (Lipinski definition) is 2. The van der Waals surface area contributed by atoms with Gasteiger partial charge >= 0.3 is 6.03 Å². The Balaban J connectivity index is 1.38. The second-order valence-corrected chi connectivity index (χ2v) is 11.2. The molecule has 0 bridgehead atoms. The maximum atomic E-state index is 13.2. The van der Waals surface area contributed by atoms with E-state index in [1.807, 2.05) is 6.92 Å². The van der Waals surface area contributed by atoms with Gasteiger partial charge in [-0.25, -0.2) is 9.78 Å². The van der Waals surface area contributed by atoms with E-state index in [4.69, 9.17) is 0 Å². The molecule has 2 N–H and O–H groups in total. The lowest BCUT2D eigenvalue weighted by molar-refractivity contribution is -0.136. The Morgan fingerprint density at radius 1 is 1.25 bits per heavy atom. The Kier molecular flexibility index (Phi) is 5.83. The third-order valence-electron chi connectivity index (χ3n) is 6.22. The number of imide groups is 1. The summed E-state index contributed by atoms with van der Waals surface area (Å²) in [4.78, 5) is 44.7. The molecule has 7 nitrogen and oxygen atoms in total. The molecular formula is C24H30N4O3S. The summed E-state index contributed by atoms with van der Waals surface area (Å²) in [6.45, 7) is 8.08. The van der Waals surface area contributed by atoms with Crippen molar-refractivity contribution in [3.63, 3.8) is 0 Å². The summed E-state index contributed by atoms with van der Waals surface area (Å²) >= 11 is 1.39. The zero-order valence-corrected chi connectivity index (χ0v) is 19.8. The van der Waals surface area contributed by atoms with E-state index >= 15 is 0 Å². The molecule has 1 saturated heterocycles. The van der Waals surface area contributed by atoms with Gasteiger partial charge in [0.2, 0.25) is 5.91 Å². The molecule has 2 heterocycles. The Hall–Kier alpha value is -2.74. The first-order chi connectivity index (χ1) is 15.1. The van der Waals surface area contributed by atoms with E-state index in [1.54, 1.807) is 6.20 Å². The van der Waals surface area contributed by atoms with Crippen molar-refractivity contribution in [1.82, 2.24) is 15.2 Å². The van der Waals surface area contributed by atoms with Crippen LogP contribution in [0.25, 0.3) is 0 Å². The highest BCUT2D eigenvalue weighted by atomic mass is 32.1. The van der Waals surface area contributed by atoms with Crippen molar-refractivity contribution in [2.45, 2.75) is 58.9 Å². The molecule has 2 aliphatic rings. The second kappa shape index (κ2) is 8.31. The van der Waals surface area contributed by atoms with Gasteiger partial charge in [-0.3, -0.25) is 14.5 Å². The first-order valence-electron chi connectivity index (χ1n) is 11.0. The smallest absolute Gasteiger partial charge is 0.323 e. The lowest BCUT2D eigenvalue weighted by Crippen LogP contribution is -2.54. The molecule has 4 amide bonds. The molecule has 4 rings (SSSR count). The van der Waals surface area contributed by atoms with Crippen LogP contribution >= 0.6 is 11.3 Å². The van der Waals surface area contributed by atoms with Crippen molar-refractivity contribution in [2.75, 3.05) is 11.9 Å². The zero-order valence-electron chi connectivity index (χ0n) is 19.0. The van der Waals surface area contributed by atoms with Crippen LogP contribution in [0.2, 0.25) is 0 Å². The van der Waals surface area contributed by atoms with Crippen LogP contribution in [0.5, 0.6) is 0 Å². The minimum atomic E-state index is -0.902. The van der Waals surface area contributed by atoms with Crippen molar-refractivity contribution in [2.24, 2.45) is 11.3 Å². The Bertz CT molecular complexity index is 1050. The van der Waals surface area contributed by atoms with Gasteiger partial charge in [-0.05, 0) is 43.1 Å². The quantitative estimate of drug-likeness (QED) is 0.665. The number of thiazole rings is 1. The molecule has 170 valence electrons. The van der Waals surface area contributed by atoms with Crippen LogP contribution in [0.15, 0.2) is 30.5 Å². The summed E-state index contributed by atoms with van der Waals surface area (Å²) < 4.78 is 0. The van der Waals surface area contributed by atoms with Gasteiger partial charge < -0.3 is 10.6 Å². The van der Waals surface area contributed by atoms with Crippen LogP contribution in [0.3, 0.4) is 0 Å². The fourth-order valence-electron chi connectivity index (χ4n) is 5.31. The SMILES string of the molecule is Cc1ccc(Cc2cnc(NC(=O)CN3C(=O)NC4(CC(C)CC(C)(C)C4)C3=O)s2)cc1. The highest BCUT2D eigenvalue weighted by molar-refractivity contribution is 7.15. The number of nitrogens with one attached hydrogen (secondary N) is 2. The molecule has 1 aliphatic carbocycles. The van der Waals surface area contributed by atoms with Gasteiger partial charge in [-0.2, -0.15) is 0 Å². The van der Waals surface area contributed by atoms with Crippen molar-refractivity contribution in [3.05, 3.63) is 46.5 Å². The number of carbonyl (C=O) groups excluding carboxylic acids is 3. The summed E-state index contributed by atoms with van der Waals surface area (Å²) in [6.07, 6.45) is 4.68. The minimum absolute atomic E-state index is 0.0480. The number of urea groups is 1. The van der Waals surface area contributed by atoms with Crippen molar-refractivity contribution >= 4 is 34.3 Å². The summed E-state index contributed by atoms with van der Waals surface area (Å²) in [5.74, 6) is -0.402. The number of rotatable bonds is 5. The number of benzene rings is 1. The van der Waals surface area contributed by atoms with Crippen molar-refractivity contribution in [1.29, 1.82) is 0 Å². The van der Waals surface area contributed by atoms with E-state index in [-0.39, 0.29) is 17.9 Å². The van der Waals surface area contributed by atoms with E-state index in [0.29, 0.717) is 23.9 Å². The Morgan fingerprint density at radius 3 is 2.66 bits per heavy atom. The average molecular weight is 455 g/mol. The number of amides is 4. The van der Waals surface area contributed by atoms with Gasteiger partial charge in [-0.15, -0.1) is 11.3 Å². The molecular weight excluding hydrogens is 424 g/mol. The molecule has 2 unspecified atom stereocenters. The molecule has 2 aromatic rings. The summed E-state index contributed by atoms with van der Waals surface area (Å²) in [5.41, 5.74) is 1.43. The van der Waals surface area contributed by atoms with E-state index < -0.39 is 17.5 Å². The molecule has 2 atom stereocenters. The number of aromatic nitrogens is 1. The molecule has 1 spiro atoms. The molecule has 8 heteroatoms. The van der Waals surface area contributed by atoms with Crippen LogP contribution in [-0.4, -0.2) is 39.8 Å². The molecule has 2 fully saturated rings. The largest absolute Gasteiger partial charge is 0.325 e. The van der Waals surface area contributed by atoms with Crippen LogP contribution in [0.1, 0.15) is 56.0 Å². The first kappa shape index (κ1) is 22.5. The Labute approximate surface area is 192 Å². The van der Waals surface area contributed by atoms with Gasteiger partial charge in [0.05, 0.1) is 0 Å². The predicted octanol–water partition coefficient (Wildman–Crippen LogP) is 4.12. The van der Waals surface area contributed by atoms with Gasteiger partial charge in [0, 0.05) is 17.5 Å². The predicted molar refractivity (Wildman–Crippen MR) is 125 cm³/mol. The molecule has 1 aromatic heterocycles. The third-order valence-corrected chi connectivity index (χ3v) is 7.14. The highest BCUT2D eigenvalue weighted by Gasteiger charge is 2.56. The Morgan fingerprint density at radius 2 is 1.97 bits per heavy atom. The number of aryl methyl sites for hydroxylation is 1. The minimum Gasteiger partial charge on any atom is -0.323 e. The molecule has 32 heavy (non-hydrogen) atoms. The fourth-order valence-corrected chi connectivity index (χ4v) is 6.17. The lowest BCUT2D eigenvalue weighted by Gasteiger charge is -2.43. The molecule has 1 aromatic carbocycles. The normalized spacial score (nSPS) is 24.6. The number of anilines is 1. The average Bonchev–Trinajstić information content (AvgIpc) is 3.19. The zero-order chi connectivity index (χ0) is 23.1. The van der Waals surface area contributed by atoms with E-state index in [9.17, 15) is 14.4 Å². The first-order valence-corrected chi connectivity index (χ1v) is 11.8. The van der Waals surface area contributed by atoms with Crippen LogP contribution in [0.4, 0.5) is 9.93 Å². The monoisotopic (exact) mass is 454 g/mol. The molecule has 1 saturated carbocycles. The van der Waals surface area contributed by atoms with Crippen molar-refractivity contribution in [3.8, 4) is 0 Å². The number of hydrogen-bond acceptors (Lipinski definition) is 5. The molecule has 0 radical (unpaired) electrons. The van der Waals surface area contributed by atoms with E-state index in [2.05, 4.69) is 60.7 Å². The topological polar surface area (TPSA) is 91.4 Å². The lowest BCUT2D eigenvalue weighted by atomic mass is 9.64. The second-order valence-electron chi connectivity index (χ2n) is 10.1. The van der Waals surface area contributed by atoms with Gasteiger partial charge in [0.1, 0.15) is 12.1 Å². The molecule has 1 aliphatic heterocycles.